The Morgan fingerprint density at radius 2 is 1.15 bits per heavy atom. The van der Waals surface area contributed by atoms with Crippen LogP contribution in [0.5, 0.6) is 17.2 Å². The number of carboxylic acids is 1. The molecule has 0 bridgehead atoms. The Kier molecular flexibility index (Phi) is 15.5. The number of aryl methyl sites for hydroxylation is 2. The Morgan fingerprint density at radius 1 is 0.657 bits per heavy atom. The summed E-state index contributed by atoms with van der Waals surface area (Å²) in [5.74, 6) is 4.22. The van der Waals surface area contributed by atoms with Crippen LogP contribution in [0, 0.1) is 25.7 Å². The predicted octanol–water partition coefficient (Wildman–Crippen LogP) is 10.6. The van der Waals surface area contributed by atoms with Crippen molar-refractivity contribution in [3.63, 3.8) is 0 Å². The number of rotatable bonds is 16. The number of carboxylic acid groups (broad SMARTS) is 1. The van der Waals surface area contributed by atoms with Gasteiger partial charge in [-0.2, -0.15) is 0 Å². The number of benzene rings is 5. The number of hydrogen-bond acceptors (Lipinski definition) is 10. The van der Waals surface area contributed by atoms with E-state index in [0.717, 1.165) is 76.4 Å². The molecule has 2 saturated heterocycles. The van der Waals surface area contributed by atoms with Gasteiger partial charge in [-0.25, -0.2) is 14.8 Å². The molecule has 0 saturated carbocycles. The summed E-state index contributed by atoms with van der Waals surface area (Å²) in [5, 5.41) is 13.2. The van der Waals surface area contributed by atoms with Crippen LogP contribution in [0.3, 0.4) is 0 Å². The van der Waals surface area contributed by atoms with Crippen LogP contribution in [0.2, 0.25) is 0 Å². The molecule has 0 unspecified atom stereocenters. The first-order valence-corrected chi connectivity index (χ1v) is 23.1. The SMILES string of the molecule is Cc1oc(-c2ccccc2)nc1CCOc1ccc(C[C@@H]2C[C@@H](C(=O)O)CN2C(=O)Oc2ccccc2)cc1.Cc1oc(-c2ccccc2)nc1CCOc1ccc(C[C@@H]2C[C@H](C)CN2)cc1. The lowest BCUT2D eigenvalue weighted by molar-refractivity contribution is -0.141. The van der Waals surface area contributed by atoms with Crippen molar-refractivity contribution in [2.24, 2.45) is 11.8 Å². The minimum absolute atomic E-state index is 0.125. The van der Waals surface area contributed by atoms with Gasteiger partial charge in [-0.15, -0.1) is 0 Å². The van der Waals surface area contributed by atoms with Gasteiger partial charge < -0.3 is 38.4 Å². The van der Waals surface area contributed by atoms with Gasteiger partial charge in [0.05, 0.1) is 30.5 Å². The fraction of sp³-hybridized carbons (Fsp3) is 0.309. The maximum Gasteiger partial charge on any atom is 0.415 e. The quantitative estimate of drug-likeness (QED) is 0.0954. The zero-order chi connectivity index (χ0) is 46.5. The third kappa shape index (κ3) is 12.8. The summed E-state index contributed by atoms with van der Waals surface area (Å²) in [6.45, 7) is 8.47. The van der Waals surface area contributed by atoms with Crippen molar-refractivity contribution in [1.82, 2.24) is 20.2 Å². The molecule has 7 aromatic rings. The summed E-state index contributed by atoms with van der Waals surface area (Å²) < 4.78 is 29.0. The molecule has 2 aromatic heterocycles. The maximum atomic E-state index is 12.9. The third-order valence-electron chi connectivity index (χ3n) is 12.2. The molecule has 2 aliphatic heterocycles. The van der Waals surface area contributed by atoms with Crippen molar-refractivity contribution in [3.05, 3.63) is 174 Å². The number of aromatic nitrogens is 2. The molecule has 2 N–H and O–H groups in total. The smallest absolute Gasteiger partial charge is 0.415 e. The van der Waals surface area contributed by atoms with Gasteiger partial charge >= 0.3 is 12.1 Å². The second-order valence-electron chi connectivity index (χ2n) is 17.4. The summed E-state index contributed by atoms with van der Waals surface area (Å²) in [6.07, 6.45) is 4.06. The lowest BCUT2D eigenvalue weighted by atomic mass is 10.00. The molecule has 0 aliphatic carbocycles. The number of carbonyl (C=O) groups excluding carboxylic acids is 1. The topological polar surface area (TPSA) is 149 Å². The Hall–Kier alpha value is -7.18. The molecular weight excluding hydrogens is 845 g/mol. The minimum Gasteiger partial charge on any atom is -0.493 e. The first-order chi connectivity index (χ1) is 32.6. The molecule has 67 heavy (non-hydrogen) atoms. The lowest BCUT2D eigenvalue weighted by Crippen LogP contribution is -2.39. The van der Waals surface area contributed by atoms with Crippen LogP contribution in [0.4, 0.5) is 4.79 Å². The zero-order valence-electron chi connectivity index (χ0n) is 38.3. The highest BCUT2D eigenvalue weighted by Gasteiger charge is 2.39. The van der Waals surface area contributed by atoms with E-state index in [2.05, 4.69) is 46.5 Å². The van der Waals surface area contributed by atoms with Crippen LogP contribution in [-0.2, 0) is 30.5 Å². The van der Waals surface area contributed by atoms with E-state index in [4.69, 9.17) is 23.0 Å². The molecular formula is C55H58N4O8. The van der Waals surface area contributed by atoms with E-state index >= 15 is 0 Å². The number of para-hydroxylation sites is 1. The normalized spacial score (nSPS) is 17.7. The van der Waals surface area contributed by atoms with Crippen molar-refractivity contribution >= 4 is 12.1 Å². The highest BCUT2D eigenvalue weighted by molar-refractivity contribution is 5.76. The van der Waals surface area contributed by atoms with E-state index in [1.807, 2.05) is 105 Å². The molecule has 9 rings (SSSR count). The highest BCUT2D eigenvalue weighted by atomic mass is 16.6. The average Bonchev–Trinajstić information content (AvgIpc) is 4.15. The number of aliphatic carboxylic acids is 1. The fourth-order valence-corrected chi connectivity index (χ4v) is 8.60. The Morgan fingerprint density at radius 3 is 1.63 bits per heavy atom. The second kappa shape index (κ2) is 22.3. The zero-order valence-corrected chi connectivity index (χ0v) is 38.3. The highest BCUT2D eigenvalue weighted by Crippen LogP contribution is 2.29. The van der Waals surface area contributed by atoms with Gasteiger partial charge in [0.2, 0.25) is 11.8 Å². The van der Waals surface area contributed by atoms with E-state index in [1.54, 1.807) is 24.3 Å². The van der Waals surface area contributed by atoms with Crippen LogP contribution in [-0.4, -0.2) is 70.4 Å². The number of oxazole rings is 2. The molecule has 12 nitrogen and oxygen atoms in total. The van der Waals surface area contributed by atoms with E-state index in [1.165, 1.54) is 16.9 Å². The van der Waals surface area contributed by atoms with Crippen LogP contribution in [0.25, 0.3) is 22.9 Å². The van der Waals surface area contributed by atoms with Crippen molar-refractivity contribution in [3.8, 4) is 40.2 Å². The fourth-order valence-electron chi connectivity index (χ4n) is 8.60. The van der Waals surface area contributed by atoms with Crippen molar-refractivity contribution in [1.29, 1.82) is 0 Å². The summed E-state index contributed by atoms with van der Waals surface area (Å²) in [6, 6.07) is 45.0. The van der Waals surface area contributed by atoms with Gasteiger partial charge in [0.25, 0.3) is 0 Å². The van der Waals surface area contributed by atoms with Gasteiger partial charge in [0.1, 0.15) is 28.8 Å². The first-order valence-electron chi connectivity index (χ1n) is 23.1. The number of likely N-dealkylation sites (tertiary alicyclic amines) is 1. The summed E-state index contributed by atoms with van der Waals surface area (Å²) in [4.78, 5) is 35.3. The average molecular weight is 903 g/mol. The molecule has 4 heterocycles. The number of nitrogens with zero attached hydrogens (tertiary/aromatic N) is 3. The molecule has 12 heteroatoms. The largest absolute Gasteiger partial charge is 0.493 e. The lowest BCUT2D eigenvalue weighted by Gasteiger charge is -2.24. The van der Waals surface area contributed by atoms with Crippen LogP contribution < -0.4 is 19.5 Å². The second-order valence-corrected chi connectivity index (χ2v) is 17.4. The van der Waals surface area contributed by atoms with Crippen LogP contribution in [0.15, 0.2) is 148 Å². The number of carbonyl (C=O) groups is 2. The van der Waals surface area contributed by atoms with E-state index in [-0.39, 0.29) is 12.6 Å². The number of ether oxygens (including phenoxy) is 3. The molecule has 0 radical (unpaired) electrons. The Labute approximate surface area is 391 Å². The molecule has 2 aliphatic rings. The number of hydrogen-bond donors (Lipinski definition) is 2. The number of nitrogens with one attached hydrogen (secondary N) is 1. The van der Waals surface area contributed by atoms with Crippen molar-refractivity contribution in [2.75, 3.05) is 26.3 Å². The molecule has 1 amide bonds. The third-order valence-corrected chi connectivity index (χ3v) is 12.2. The summed E-state index contributed by atoms with van der Waals surface area (Å²) in [5.41, 5.74) is 6.10. The standard InChI is InChI=1S/C31H30N2O6.C24H28N2O2/c1-21-28(32-29(38-21)23-8-4-2-5-9-23)16-17-37-26-14-12-22(13-15-26)18-25-19-24(30(34)35)20-33(25)31(36)39-27-10-6-3-7-11-27;1-17-14-21(25-16-17)15-19-8-10-22(11-9-19)27-13-12-23-18(2)28-24(26-23)20-6-4-3-5-7-20/h2-15,24-25H,16-20H2,1H3,(H,34,35);3-11,17,21,25H,12-16H2,1-2H3/t24-,25-;17-,21-/m10/s1. The molecule has 2 fully saturated rings. The molecule has 4 atom stereocenters. The minimum atomic E-state index is -0.906. The molecule has 346 valence electrons. The van der Waals surface area contributed by atoms with Gasteiger partial charge in [-0.05, 0) is 124 Å². The van der Waals surface area contributed by atoms with Crippen molar-refractivity contribution < 1.29 is 37.7 Å². The van der Waals surface area contributed by atoms with Gasteiger partial charge in [-0.3, -0.25) is 4.79 Å². The summed E-state index contributed by atoms with van der Waals surface area (Å²) in [7, 11) is 0. The van der Waals surface area contributed by atoms with Gasteiger partial charge in [0.15, 0.2) is 0 Å². The summed E-state index contributed by atoms with van der Waals surface area (Å²) >= 11 is 0. The number of amides is 1. The maximum absolute atomic E-state index is 12.9. The van der Waals surface area contributed by atoms with E-state index < -0.39 is 18.0 Å². The Bertz CT molecular complexity index is 2650. The van der Waals surface area contributed by atoms with E-state index in [9.17, 15) is 14.7 Å². The van der Waals surface area contributed by atoms with Crippen LogP contribution >= 0.6 is 0 Å². The predicted molar refractivity (Wildman–Crippen MR) is 256 cm³/mol. The molecule has 5 aromatic carbocycles. The first kappa shape index (κ1) is 46.4. The monoisotopic (exact) mass is 902 g/mol. The van der Waals surface area contributed by atoms with E-state index in [0.29, 0.717) is 56.0 Å². The molecule has 0 spiro atoms. The Balaban J connectivity index is 0.000000192. The van der Waals surface area contributed by atoms with Crippen molar-refractivity contribution in [2.45, 2.75) is 71.4 Å². The van der Waals surface area contributed by atoms with Crippen LogP contribution in [0.1, 0.15) is 53.8 Å². The van der Waals surface area contributed by atoms with Gasteiger partial charge in [0, 0.05) is 42.6 Å². The van der Waals surface area contributed by atoms with Gasteiger partial charge in [-0.1, -0.05) is 85.8 Å².